The van der Waals surface area contributed by atoms with Crippen molar-refractivity contribution in [1.29, 1.82) is 0 Å². The van der Waals surface area contributed by atoms with Gasteiger partial charge in [0.25, 0.3) is 11.8 Å². The zero-order valence-corrected chi connectivity index (χ0v) is 16.8. The lowest BCUT2D eigenvalue weighted by atomic mass is 10.2. The minimum absolute atomic E-state index is 0.0169. The first-order chi connectivity index (χ1) is 13.9. The number of thiophene rings is 1. The molecule has 154 valence electrons. The molecule has 0 radical (unpaired) electrons. The maximum Gasteiger partial charge on any atom is 0.338 e. The van der Waals surface area contributed by atoms with Crippen molar-refractivity contribution in [3.05, 3.63) is 52.2 Å². The zero-order chi connectivity index (χ0) is 20.9. The predicted octanol–water partition coefficient (Wildman–Crippen LogP) is 0.882. The molecule has 0 unspecified atom stereocenters. The second-order valence-corrected chi connectivity index (χ2v) is 8.86. The number of carbonyl (C=O) groups is 3. The van der Waals surface area contributed by atoms with E-state index in [0.717, 1.165) is 0 Å². The standard InChI is InChI=1S/C18H18N2O7S2/c21-16(19-17(22)15-5-2-10-28-15)12-27-18(23)13-3-1-4-14(11-13)29(24,25)20-6-8-26-9-7-20/h1-5,10-11H,6-9,12H2,(H,19,21,22). The van der Waals surface area contributed by atoms with Gasteiger partial charge in [0.15, 0.2) is 6.61 Å². The highest BCUT2D eigenvalue weighted by atomic mass is 32.2. The third kappa shape index (κ3) is 5.26. The van der Waals surface area contributed by atoms with Gasteiger partial charge < -0.3 is 9.47 Å². The van der Waals surface area contributed by atoms with Gasteiger partial charge in [0.2, 0.25) is 10.0 Å². The van der Waals surface area contributed by atoms with Crippen molar-refractivity contribution < 1.29 is 32.3 Å². The summed E-state index contributed by atoms with van der Waals surface area (Å²) in [6.07, 6.45) is 0. The molecule has 0 bridgehead atoms. The predicted molar refractivity (Wildman–Crippen MR) is 103 cm³/mol. The van der Waals surface area contributed by atoms with Crippen molar-refractivity contribution in [1.82, 2.24) is 9.62 Å². The molecule has 1 N–H and O–H groups in total. The summed E-state index contributed by atoms with van der Waals surface area (Å²) in [5.41, 5.74) is -0.0169. The van der Waals surface area contributed by atoms with Gasteiger partial charge in [-0.1, -0.05) is 12.1 Å². The summed E-state index contributed by atoms with van der Waals surface area (Å²) in [4.78, 5) is 36.1. The van der Waals surface area contributed by atoms with Crippen LogP contribution in [-0.2, 0) is 24.3 Å². The van der Waals surface area contributed by atoms with E-state index in [1.807, 2.05) is 0 Å². The Kier molecular flexibility index (Phi) is 6.75. The molecule has 1 fully saturated rings. The van der Waals surface area contributed by atoms with Crippen LogP contribution >= 0.6 is 11.3 Å². The molecule has 0 saturated carbocycles. The van der Waals surface area contributed by atoms with Gasteiger partial charge in [0.1, 0.15) is 0 Å². The van der Waals surface area contributed by atoms with Crippen LogP contribution in [0.3, 0.4) is 0 Å². The molecule has 2 amide bonds. The summed E-state index contributed by atoms with van der Waals surface area (Å²) >= 11 is 1.17. The highest BCUT2D eigenvalue weighted by Gasteiger charge is 2.27. The van der Waals surface area contributed by atoms with E-state index in [0.29, 0.717) is 18.1 Å². The summed E-state index contributed by atoms with van der Waals surface area (Å²) in [6, 6.07) is 8.61. The second kappa shape index (κ2) is 9.27. The lowest BCUT2D eigenvalue weighted by molar-refractivity contribution is -0.123. The van der Waals surface area contributed by atoms with Gasteiger partial charge in [-0.15, -0.1) is 11.3 Å². The Bertz CT molecular complexity index is 997. The number of esters is 1. The molecule has 1 aromatic heterocycles. The number of nitrogens with one attached hydrogen (secondary N) is 1. The largest absolute Gasteiger partial charge is 0.452 e. The smallest absolute Gasteiger partial charge is 0.338 e. The van der Waals surface area contributed by atoms with E-state index in [4.69, 9.17) is 9.47 Å². The van der Waals surface area contributed by atoms with Gasteiger partial charge in [-0.2, -0.15) is 4.31 Å². The molecule has 2 heterocycles. The monoisotopic (exact) mass is 438 g/mol. The van der Waals surface area contributed by atoms with E-state index in [9.17, 15) is 22.8 Å². The first kappa shape index (κ1) is 21.1. The van der Waals surface area contributed by atoms with Crippen LogP contribution in [0.1, 0.15) is 20.0 Å². The maximum atomic E-state index is 12.7. The van der Waals surface area contributed by atoms with E-state index < -0.39 is 34.4 Å². The number of ether oxygens (including phenoxy) is 2. The van der Waals surface area contributed by atoms with Crippen LogP contribution in [0.4, 0.5) is 0 Å². The Morgan fingerprint density at radius 2 is 1.90 bits per heavy atom. The van der Waals surface area contributed by atoms with Gasteiger partial charge >= 0.3 is 5.97 Å². The van der Waals surface area contributed by atoms with Crippen LogP contribution in [0.25, 0.3) is 0 Å². The number of nitrogens with zero attached hydrogens (tertiary/aromatic N) is 1. The van der Waals surface area contributed by atoms with Gasteiger partial charge in [0.05, 0.1) is 28.5 Å². The fourth-order valence-corrected chi connectivity index (χ4v) is 4.64. The van der Waals surface area contributed by atoms with Gasteiger partial charge in [-0.3, -0.25) is 14.9 Å². The molecule has 0 atom stereocenters. The number of hydrogen-bond donors (Lipinski definition) is 1. The fraction of sp³-hybridized carbons (Fsp3) is 0.278. The Balaban J connectivity index is 1.60. The highest BCUT2D eigenvalue weighted by molar-refractivity contribution is 7.89. The van der Waals surface area contributed by atoms with Crippen LogP contribution in [-0.4, -0.2) is 63.4 Å². The van der Waals surface area contributed by atoms with Crippen LogP contribution in [0, 0.1) is 0 Å². The third-order valence-electron chi connectivity index (χ3n) is 4.01. The van der Waals surface area contributed by atoms with E-state index in [1.54, 1.807) is 17.5 Å². The first-order valence-electron chi connectivity index (χ1n) is 8.61. The van der Waals surface area contributed by atoms with Gasteiger partial charge in [0, 0.05) is 13.1 Å². The molecule has 0 aliphatic carbocycles. The number of rotatable bonds is 6. The van der Waals surface area contributed by atoms with Crippen LogP contribution in [0.15, 0.2) is 46.7 Å². The number of imide groups is 1. The average molecular weight is 438 g/mol. The Morgan fingerprint density at radius 1 is 1.14 bits per heavy atom. The number of morpholine rings is 1. The summed E-state index contributed by atoms with van der Waals surface area (Å²) in [6.45, 7) is 0.405. The second-order valence-electron chi connectivity index (χ2n) is 5.98. The SMILES string of the molecule is O=C(COC(=O)c1cccc(S(=O)(=O)N2CCOCC2)c1)NC(=O)c1cccs1. The fourth-order valence-electron chi connectivity index (χ4n) is 2.57. The molecule has 3 rings (SSSR count). The molecule has 2 aromatic rings. The summed E-state index contributed by atoms with van der Waals surface area (Å²) in [5, 5.41) is 3.80. The summed E-state index contributed by atoms with van der Waals surface area (Å²) in [7, 11) is -3.77. The Morgan fingerprint density at radius 3 is 2.59 bits per heavy atom. The molecule has 9 nitrogen and oxygen atoms in total. The summed E-state index contributed by atoms with van der Waals surface area (Å²) < 4.78 is 36.7. The highest BCUT2D eigenvalue weighted by Crippen LogP contribution is 2.18. The third-order valence-corrected chi connectivity index (χ3v) is 6.77. The molecule has 1 aromatic carbocycles. The van der Waals surface area contributed by atoms with Crippen molar-refractivity contribution in [3.8, 4) is 0 Å². The lowest BCUT2D eigenvalue weighted by Crippen LogP contribution is -2.40. The minimum atomic E-state index is -3.77. The van der Waals surface area contributed by atoms with Crippen LogP contribution in [0.2, 0.25) is 0 Å². The van der Waals surface area contributed by atoms with Crippen molar-refractivity contribution in [2.45, 2.75) is 4.90 Å². The number of benzene rings is 1. The Hall–Kier alpha value is -2.60. The zero-order valence-electron chi connectivity index (χ0n) is 15.2. The molecular formula is C18H18N2O7S2. The maximum absolute atomic E-state index is 12.7. The number of carbonyl (C=O) groups excluding carboxylic acids is 3. The topological polar surface area (TPSA) is 119 Å². The molecule has 29 heavy (non-hydrogen) atoms. The normalized spacial score (nSPS) is 14.9. The van der Waals surface area contributed by atoms with E-state index >= 15 is 0 Å². The summed E-state index contributed by atoms with van der Waals surface area (Å²) in [5.74, 6) is -2.24. The first-order valence-corrected chi connectivity index (χ1v) is 10.9. The van der Waals surface area contributed by atoms with Crippen molar-refractivity contribution >= 4 is 39.1 Å². The quantitative estimate of drug-likeness (QED) is 0.665. The molecule has 1 saturated heterocycles. The van der Waals surface area contributed by atoms with Crippen molar-refractivity contribution in [2.75, 3.05) is 32.9 Å². The Labute approximate surface area is 171 Å². The minimum Gasteiger partial charge on any atom is -0.452 e. The molecule has 11 heteroatoms. The van der Waals surface area contributed by atoms with E-state index in [1.165, 1.54) is 39.9 Å². The number of sulfonamides is 1. The van der Waals surface area contributed by atoms with Crippen molar-refractivity contribution in [2.24, 2.45) is 0 Å². The van der Waals surface area contributed by atoms with E-state index in [2.05, 4.69) is 5.32 Å². The average Bonchev–Trinajstić information content (AvgIpc) is 3.28. The number of hydrogen-bond acceptors (Lipinski definition) is 8. The van der Waals surface area contributed by atoms with Crippen LogP contribution < -0.4 is 5.32 Å². The van der Waals surface area contributed by atoms with Gasteiger partial charge in [-0.05, 0) is 29.6 Å². The number of amides is 2. The molecule has 1 aliphatic heterocycles. The van der Waals surface area contributed by atoms with Gasteiger partial charge in [-0.25, -0.2) is 13.2 Å². The van der Waals surface area contributed by atoms with E-state index in [-0.39, 0.29) is 23.5 Å². The molecule has 0 spiro atoms. The molecular weight excluding hydrogens is 420 g/mol. The van der Waals surface area contributed by atoms with Crippen LogP contribution in [0.5, 0.6) is 0 Å². The molecule has 1 aliphatic rings. The van der Waals surface area contributed by atoms with Crippen molar-refractivity contribution in [3.63, 3.8) is 0 Å². The lowest BCUT2D eigenvalue weighted by Gasteiger charge is -2.26.